The normalized spacial score (nSPS) is 19.5. The van der Waals surface area contributed by atoms with Crippen molar-refractivity contribution >= 4 is 5.91 Å². The molecule has 0 spiro atoms. The maximum absolute atomic E-state index is 11.9. The van der Waals surface area contributed by atoms with Gasteiger partial charge in [0.25, 0.3) is 0 Å². The van der Waals surface area contributed by atoms with Crippen molar-refractivity contribution in [1.82, 2.24) is 10.6 Å². The molecule has 0 saturated heterocycles. The summed E-state index contributed by atoms with van der Waals surface area (Å²) in [5.41, 5.74) is 2.79. The lowest BCUT2D eigenvalue weighted by atomic mass is 9.88. The smallest absolute Gasteiger partial charge is 0.234 e. The third-order valence-corrected chi connectivity index (χ3v) is 4.27. The fourth-order valence-electron chi connectivity index (χ4n) is 2.65. The number of benzene rings is 1. The Morgan fingerprint density at radius 1 is 1.30 bits per heavy atom. The molecule has 0 aromatic heterocycles. The van der Waals surface area contributed by atoms with Crippen LogP contribution in [0.3, 0.4) is 0 Å². The Morgan fingerprint density at radius 2 is 2.05 bits per heavy atom. The summed E-state index contributed by atoms with van der Waals surface area (Å²) in [4.78, 5) is 11.9. The Morgan fingerprint density at radius 3 is 2.80 bits per heavy atom. The maximum Gasteiger partial charge on any atom is 0.234 e. The molecular weight excluding hydrogens is 248 g/mol. The summed E-state index contributed by atoms with van der Waals surface area (Å²) in [5.74, 6) is 0.559. The number of hydrogen-bond acceptors (Lipinski definition) is 2. The van der Waals surface area contributed by atoms with E-state index in [2.05, 4.69) is 55.7 Å². The molecule has 0 radical (unpaired) electrons. The summed E-state index contributed by atoms with van der Waals surface area (Å²) >= 11 is 0. The third-order valence-electron chi connectivity index (χ3n) is 4.27. The summed E-state index contributed by atoms with van der Waals surface area (Å²) in [6.45, 7) is 6.69. The highest BCUT2D eigenvalue weighted by Gasteiger charge is 2.20. The zero-order valence-corrected chi connectivity index (χ0v) is 12.8. The van der Waals surface area contributed by atoms with Gasteiger partial charge in [-0.3, -0.25) is 4.79 Å². The Bertz CT molecular complexity index is 456. The van der Waals surface area contributed by atoms with Crippen LogP contribution in [-0.2, 0) is 11.2 Å². The lowest BCUT2D eigenvalue weighted by Gasteiger charge is -2.26. The molecule has 1 aromatic rings. The van der Waals surface area contributed by atoms with E-state index in [0.29, 0.717) is 18.5 Å². The number of aryl methyl sites for hydroxylation is 1. The van der Waals surface area contributed by atoms with E-state index >= 15 is 0 Å². The molecule has 3 nitrogen and oxygen atoms in total. The summed E-state index contributed by atoms with van der Waals surface area (Å²) in [6.07, 6.45) is 3.47. The lowest BCUT2D eigenvalue weighted by molar-refractivity contribution is -0.121. The predicted molar refractivity (Wildman–Crippen MR) is 82.6 cm³/mol. The van der Waals surface area contributed by atoms with Crippen molar-refractivity contribution in [2.24, 2.45) is 5.92 Å². The van der Waals surface area contributed by atoms with E-state index in [9.17, 15) is 4.79 Å². The van der Waals surface area contributed by atoms with Gasteiger partial charge < -0.3 is 10.6 Å². The molecule has 1 aromatic carbocycles. The number of hydrogen-bond donors (Lipinski definition) is 2. The SMILES string of the molecule is CC(C)C(C)NC(=O)CNC1CCCc2ccccc21. The topological polar surface area (TPSA) is 41.1 Å². The van der Waals surface area contributed by atoms with Crippen molar-refractivity contribution in [3.63, 3.8) is 0 Å². The monoisotopic (exact) mass is 274 g/mol. The number of fused-ring (bicyclic) bond motifs is 1. The van der Waals surface area contributed by atoms with Gasteiger partial charge in [0.15, 0.2) is 0 Å². The van der Waals surface area contributed by atoms with E-state index in [1.807, 2.05) is 0 Å². The molecule has 2 unspecified atom stereocenters. The van der Waals surface area contributed by atoms with E-state index in [4.69, 9.17) is 0 Å². The minimum absolute atomic E-state index is 0.0919. The third kappa shape index (κ3) is 3.83. The minimum atomic E-state index is 0.0919. The van der Waals surface area contributed by atoms with Gasteiger partial charge in [-0.1, -0.05) is 38.1 Å². The molecule has 0 heterocycles. The van der Waals surface area contributed by atoms with Crippen molar-refractivity contribution in [2.75, 3.05) is 6.54 Å². The minimum Gasteiger partial charge on any atom is -0.352 e. The molecule has 1 amide bonds. The molecule has 1 aliphatic carbocycles. The van der Waals surface area contributed by atoms with E-state index in [1.165, 1.54) is 17.5 Å². The van der Waals surface area contributed by atoms with Crippen LogP contribution in [0, 0.1) is 5.92 Å². The molecule has 3 heteroatoms. The Kier molecular flexibility index (Phi) is 5.18. The van der Waals surface area contributed by atoms with Crippen molar-refractivity contribution < 1.29 is 4.79 Å². The van der Waals surface area contributed by atoms with Crippen LogP contribution in [0.4, 0.5) is 0 Å². The fourth-order valence-corrected chi connectivity index (χ4v) is 2.65. The van der Waals surface area contributed by atoms with E-state index in [0.717, 1.165) is 12.8 Å². The Labute approximate surface area is 122 Å². The second-order valence-electron chi connectivity index (χ2n) is 6.12. The largest absolute Gasteiger partial charge is 0.352 e. The first kappa shape index (κ1) is 15.0. The second kappa shape index (κ2) is 6.89. The number of amides is 1. The summed E-state index contributed by atoms with van der Waals surface area (Å²) < 4.78 is 0. The van der Waals surface area contributed by atoms with Crippen LogP contribution in [0.25, 0.3) is 0 Å². The summed E-state index contributed by atoms with van der Waals surface area (Å²) in [5, 5.41) is 6.45. The number of carbonyl (C=O) groups excluding carboxylic acids is 1. The predicted octanol–water partition coefficient (Wildman–Crippen LogP) is 2.81. The first-order chi connectivity index (χ1) is 9.58. The van der Waals surface area contributed by atoms with Gasteiger partial charge in [0.05, 0.1) is 6.54 Å². The molecule has 20 heavy (non-hydrogen) atoms. The zero-order chi connectivity index (χ0) is 14.5. The van der Waals surface area contributed by atoms with E-state index in [1.54, 1.807) is 0 Å². The molecule has 0 saturated carbocycles. The molecule has 2 rings (SSSR count). The molecule has 0 aliphatic heterocycles. The molecule has 0 fully saturated rings. The van der Waals surface area contributed by atoms with Crippen LogP contribution >= 0.6 is 0 Å². The van der Waals surface area contributed by atoms with Crippen molar-refractivity contribution in [2.45, 2.75) is 52.1 Å². The van der Waals surface area contributed by atoms with E-state index in [-0.39, 0.29) is 11.9 Å². The van der Waals surface area contributed by atoms with Gasteiger partial charge in [0.2, 0.25) is 5.91 Å². The standard InChI is InChI=1S/C17H26N2O/c1-12(2)13(3)19-17(20)11-18-16-10-6-8-14-7-4-5-9-15(14)16/h4-5,7,9,12-13,16,18H,6,8,10-11H2,1-3H3,(H,19,20). The lowest BCUT2D eigenvalue weighted by Crippen LogP contribution is -2.42. The molecule has 0 bridgehead atoms. The Hall–Kier alpha value is -1.35. The molecule has 110 valence electrons. The highest BCUT2D eigenvalue weighted by molar-refractivity contribution is 5.78. The van der Waals surface area contributed by atoms with Gasteiger partial charge in [0, 0.05) is 12.1 Å². The average Bonchev–Trinajstić information content (AvgIpc) is 2.44. The van der Waals surface area contributed by atoms with Crippen molar-refractivity contribution in [3.05, 3.63) is 35.4 Å². The molecular formula is C17H26N2O. The molecule has 2 N–H and O–H groups in total. The zero-order valence-electron chi connectivity index (χ0n) is 12.8. The first-order valence-corrected chi connectivity index (χ1v) is 7.68. The van der Waals surface area contributed by atoms with Gasteiger partial charge in [-0.05, 0) is 43.2 Å². The highest BCUT2D eigenvalue weighted by atomic mass is 16.1. The fraction of sp³-hybridized carbons (Fsp3) is 0.588. The summed E-state index contributed by atoms with van der Waals surface area (Å²) in [6, 6.07) is 9.10. The average molecular weight is 274 g/mol. The maximum atomic E-state index is 11.9. The quantitative estimate of drug-likeness (QED) is 0.867. The van der Waals surface area contributed by atoms with Gasteiger partial charge in [-0.2, -0.15) is 0 Å². The van der Waals surface area contributed by atoms with Gasteiger partial charge >= 0.3 is 0 Å². The van der Waals surface area contributed by atoms with Crippen LogP contribution in [-0.4, -0.2) is 18.5 Å². The number of nitrogens with one attached hydrogen (secondary N) is 2. The van der Waals surface area contributed by atoms with Crippen molar-refractivity contribution in [3.8, 4) is 0 Å². The van der Waals surface area contributed by atoms with Gasteiger partial charge in [-0.15, -0.1) is 0 Å². The van der Waals surface area contributed by atoms with Crippen LogP contribution in [0.2, 0.25) is 0 Å². The van der Waals surface area contributed by atoms with Crippen LogP contribution in [0.5, 0.6) is 0 Å². The Balaban J connectivity index is 1.88. The van der Waals surface area contributed by atoms with Crippen molar-refractivity contribution in [1.29, 1.82) is 0 Å². The highest BCUT2D eigenvalue weighted by Crippen LogP contribution is 2.29. The van der Waals surface area contributed by atoms with Crippen LogP contribution < -0.4 is 10.6 Å². The second-order valence-corrected chi connectivity index (χ2v) is 6.12. The first-order valence-electron chi connectivity index (χ1n) is 7.68. The van der Waals surface area contributed by atoms with Gasteiger partial charge in [0.1, 0.15) is 0 Å². The van der Waals surface area contributed by atoms with Crippen LogP contribution in [0.1, 0.15) is 50.8 Å². The molecule has 2 atom stereocenters. The van der Waals surface area contributed by atoms with Gasteiger partial charge in [-0.25, -0.2) is 0 Å². The van der Waals surface area contributed by atoms with Crippen LogP contribution in [0.15, 0.2) is 24.3 Å². The number of carbonyl (C=O) groups is 1. The summed E-state index contributed by atoms with van der Waals surface area (Å²) in [7, 11) is 0. The molecule has 1 aliphatic rings. The van der Waals surface area contributed by atoms with E-state index < -0.39 is 0 Å². The number of rotatable bonds is 5.